The molecule has 4 aromatic carbocycles. The summed E-state index contributed by atoms with van der Waals surface area (Å²) in [6, 6.07) is 30.9. The Bertz CT molecular complexity index is 2130. The van der Waals surface area contributed by atoms with E-state index in [1.54, 1.807) is 0 Å². The minimum atomic E-state index is -0.273. The number of fused-ring (bicyclic) bond motifs is 6. The molecule has 46 heavy (non-hydrogen) atoms. The second kappa shape index (κ2) is 10.7. The van der Waals surface area contributed by atoms with Crippen molar-refractivity contribution in [2.24, 2.45) is 4.99 Å². The van der Waals surface area contributed by atoms with Gasteiger partial charge in [-0.3, -0.25) is 5.32 Å². The molecule has 0 fully saturated rings. The molecule has 5 aromatic rings. The number of aliphatic imine (C=N–C) groups is 1. The summed E-state index contributed by atoms with van der Waals surface area (Å²) >= 11 is 0. The van der Waals surface area contributed by atoms with Gasteiger partial charge in [-0.1, -0.05) is 114 Å². The Morgan fingerprint density at radius 2 is 1.70 bits per heavy atom. The number of furan rings is 1. The van der Waals surface area contributed by atoms with Crippen LogP contribution in [0.25, 0.3) is 28.2 Å². The van der Waals surface area contributed by atoms with Crippen molar-refractivity contribution in [3.05, 3.63) is 154 Å². The largest absolute Gasteiger partial charge is 0.460 e. The molecule has 9 rings (SSSR count). The van der Waals surface area contributed by atoms with E-state index >= 15 is 0 Å². The minimum absolute atomic E-state index is 0.0977. The summed E-state index contributed by atoms with van der Waals surface area (Å²) in [6.07, 6.45) is 15.1. The lowest BCUT2D eigenvalue weighted by Gasteiger charge is -2.40. The Morgan fingerprint density at radius 1 is 0.848 bits per heavy atom. The third kappa shape index (κ3) is 4.45. The molecule has 226 valence electrons. The minimum Gasteiger partial charge on any atom is -0.460 e. The lowest BCUT2D eigenvalue weighted by molar-refractivity contribution is 0.376. The Balaban J connectivity index is 1.16. The van der Waals surface area contributed by atoms with E-state index in [0.29, 0.717) is 0 Å². The quantitative estimate of drug-likeness (QED) is 0.217. The molecule has 1 aromatic heterocycles. The Kier molecular flexibility index (Phi) is 6.35. The van der Waals surface area contributed by atoms with Crippen LogP contribution in [0.5, 0.6) is 0 Å². The summed E-state index contributed by atoms with van der Waals surface area (Å²) in [7, 11) is 0. The second-order valence-electron chi connectivity index (χ2n) is 12.9. The number of allylic oxidation sites excluding steroid dienone is 3. The lowest BCUT2D eigenvalue weighted by Crippen LogP contribution is -2.57. The topological polar surface area (TPSA) is 52.8 Å². The summed E-state index contributed by atoms with van der Waals surface area (Å²) in [5.41, 5.74) is 11.8. The van der Waals surface area contributed by atoms with Gasteiger partial charge in [0.05, 0.1) is 6.04 Å². The third-order valence-electron chi connectivity index (χ3n) is 9.83. The van der Waals surface area contributed by atoms with Crippen LogP contribution in [0.4, 0.5) is 5.69 Å². The monoisotopic (exact) mass is 600 g/mol. The molecule has 0 saturated heterocycles. The van der Waals surface area contributed by atoms with E-state index < -0.39 is 0 Å². The fraction of sp³-hybridized carbons (Fsp3) is 0.195. The number of hydrogen-bond donors (Lipinski definition) is 2. The van der Waals surface area contributed by atoms with Gasteiger partial charge in [0, 0.05) is 40.1 Å². The van der Waals surface area contributed by atoms with Crippen molar-refractivity contribution in [3.8, 4) is 11.1 Å². The van der Waals surface area contributed by atoms with Crippen molar-refractivity contribution in [2.45, 2.75) is 51.1 Å². The van der Waals surface area contributed by atoms with E-state index in [9.17, 15) is 0 Å². The van der Waals surface area contributed by atoms with Gasteiger partial charge >= 0.3 is 0 Å². The van der Waals surface area contributed by atoms with Crippen LogP contribution in [0.3, 0.4) is 0 Å². The van der Waals surface area contributed by atoms with Crippen LogP contribution in [-0.4, -0.2) is 18.2 Å². The Morgan fingerprint density at radius 3 is 2.59 bits per heavy atom. The van der Waals surface area contributed by atoms with Crippen LogP contribution >= 0.6 is 0 Å². The smallest absolute Gasteiger partial charge is 0.180 e. The van der Waals surface area contributed by atoms with Gasteiger partial charge in [0.1, 0.15) is 23.3 Å². The van der Waals surface area contributed by atoms with Crippen LogP contribution in [0.2, 0.25) is 0 Å². The normalized spacial score (nSPS) is 22.7. The van der Waals surface area contributed by atoms with Gasteiger partial charge in [-0.15, -0.1) is 0 Å². The molecule has 0 saturated carbocycles. The van der Waals surface area contributed by atoms with Crippen LogP contribution in [-0.2, 0) is 6.42 Å². The molecule has 4 unspecified atom stereocenters. The molecule has 4 aliphatic rings. The number of benzene rings is 4. The van der Waals surface area contributed by atoms with E-state index in [-0.39, 0.29) is 24.4 Å². The van der Waals surface area contributed by atoms with Gasteiger partial charge in [-0.25, -0.2) is 4.99 Å². The molecular formula is C41H36N4O. The Hall–Kier alpha value is -5.13. The highest BCUT2D eigenvalue weighted by atomic mass is 16.3. The molecule has 5 heteroatoms. The highest BCUT2D eigenvalue weighted by molar-refractivity contribution is 6.00. The van der Waals surface area contributed by atoms with Gasteiger partial charge in [-0.2, -0.15) is 0 Å². The maximum absolute atomic E-state index is 6.52. The molecule has 2 aliphatic heterocycles. The van der Waals surface area contributed by atoms with Gasteiger partial charge in [0.2, 0.25) is 0 Å². The van der Waals surface area contributed by atoms with E-state index in [0.717, 1.165) is 41.1 Å². The molecule has 0 radical (unpaired) electrons. The van der Waals surface area contributed by atoms with Crippen molar-refractivity contribution >= 4 is 28.6 Å². The van der Waals surface area contributed by atoms with Crippen molar-refractivity contribution < 1.29 is 4.42 Å². The fourth-order valence-corrected chi connectivity index (χ4v) is 7.67. The maximum atomic E-state index is 6.52. The number of aryl methyl sites for hydroxylation is 3. The molecule has 0 amide bonds. The number of amidine groups is 1. The number of anilines is 1. The number of para-hydroxylation sites is 1. The highest BCUT2D eigenvalue weighted by Crippen LogP contribution is 2.47. The van der Waals surface area contributed by atoms with Crippen LogP contribution in [0.15, 0.2) is 125 Å². The van der Waals surface area contributed by atoms with Crippen molar-refractivity contribution in [1.82, 2.24) is 10.6 Å². The van der Waals surface area contributed by atoms with Crippen molar-refractivity contribution in [2.75, 3.05) is 4.90 Å². The van der Waals surface area contributed by atoms with Gasteiger partial charge in [0.15, 0.2) is 6.29 Å². The van der Waals surface area contributed by atoms with Crippen LogP contribution < -0.4 is 15.5 Å². The summed E-state index contributed by atoms with van der Waals surface area (Å²) in [5.74, 6) is 2.22. The number of rotatable bonds is 4. The zero-order valence-electron chi connectivity index (χ0n) is 26.1. The zero-order chi connectivity index (χ0) is 30.8. The van der Waals surface area contributed by atoms with E-state index in [2.05, 4.69) is 151 Å². The highest BCUT2D eigenvalue weighted by Gasteiger charge is 2.42. The van der Waals surface area contributed by atoms with Gasteiger partial charge < -0.3 is 14.6 Å². The molecule has 4 atom stereocenters. The zero-order valence-corrected chi connectivity index (χ0v) is 26.1. The summed E-state index contributed by atoms with van der Waals surface area (Å²) in [6.45, 7) is 4.28. The molecule has 3 heterocycles. The first-order chi connectivity index (χ1) is 22.6. The fourth-order valence-electron chi connectivity index (χ4n) is 7.67. The number of nitrogens with one attached hydrogen (secondary N) is 2. The van der Waals surface area contributed by atoms with Crippen LogP contribution in [0, 0.1) is 13.8 Å². The number of hydrogen-bond acceptors (Lipinski definition) is 5. The second-order valence-corrected chi connectivity index (χ2v) is 12.9. The van der Waals surface area contributed by atoms with Gasteiger partial charge in [0.25, 0.3) is 0 Å². The maximum Gasteiger partial charge on any atom is 0.180 e. The molecule has 2 N–H and O–H groups in total. The van der Waals surface area contributed by atoms with Crippen molar-refractivity contribution in [1.29, 1.82) is 0 Å². The van der Waals surface area contributed by atoms with Crippen molar-refractivity contribution in [3.63, 3.8) is 0 Å². The average molecular weight is 601 g/mol. The standard InChI is InChI=1S/C41H36N4O/c1-25-10-7-12-28(22-25)39-42-40(29-13-8-11-26(2)23-29)44-41(43-39)45-35-18-5-3-14-31(35)34-24-27(20-21-36(34)45)30-16-9-17-33-32-15-4-6-19-37(32)46-38(30)33/h3-5,7-18,20-24,31,35,39,41,43H,6,19H2,1-2H3,(H,42,44). The first-order valence-corrected chi connectivity index (χ1v) is 16.3. The summed E-state index contributed by atoms with van der Waals surface area (Å²) in [5, 5.41) is 8.79. The molecule has 0 bridgehead atoms. The summed E-state index contributed by atoms with van der Waals surface area (Å²) < 4.78 is 6.52. The summed E-state index contributed by atoms with van der Waals surface area (Å²) in [4.78, 5) is 7.84. The number of nitrogens with zero attached hydrogens (tertiary/aromatic N) is 2. The first-order valence-electron chi connectivity index (χ1n) is 16.3. The van der Waals surface area contributed by atoms with E-state index in [1.807, 2.05) is 0 Å². The predicted octanol–water partition coefficient (Wildman–Crippen LogP) is 8.70. The molecule has 0 spiro atoms. The Labute approximate surface area is 269 Å². The molecule has 5 nitrogen and oxygen atoms in total. The molecule has 2 aliphatic carbocycles. The van der Waals surface area contributed by atoms with Crippen LogP contribution in [0.1, 0.15) is 57.6 Å². The van der Waals surface area contributed by atoms with E-state index in [1.165, 1.54) is 44.5 Å². The first kappa shape index (κ1) is 27.2. The van der Waals surface area contributed by atoms with E-state index in [4.69, 9.17) is 9.41 Å². The third-order valence-corrected chi connectivity index (χ3v) is 9.83. The predicted molar refractivity (Wildman–Crippen MR) is 188 cm³/mol. The van der Waals surface area contributed by atoms with Gasteiger partial charge in [-0.05, 0) is 55.2 Å². The SMILES string of the molecule is Cc1cccc(C2=NC(N3c4ccc(-c5cccc6c7c(oc56)CCC=C7)cc4C4C=CC=CC43)NC(c3cccc(C)c3)N2)c1. The molecular weight excluding hydrogens is 564 g/mol. The average Bonchev–Trinajstić information content (AvgIpc) is 3.64. The lowest BCUT2D eigenvalue weighted by atomic mass is 9.89.